The smallest absolute Gasteiger partial charge is 0.264 e. The van der Waals surface area contributed by atoms with Gasteiger partial charge in [-0.15, -0.1) is 0 Å². The lowest BCUT2D eigenvalue weighted by Gasteiger charge is -2.25. The molecule has 0 saturated carbocycles. The Morgan fingerprint density at radius 2 is 1.66 bits per heavy atom. The maximum Gasteiger partial charge on any atom is 0.264 e. The van der Waals surface area contributed by atoms with E-state index in [2.05, 4.69) is 5.32 Å². The van der Waals surface area contributed by atoms with Gasteiger partial charge in [0.05, 0.1) is 17.1 Å². The minimum atomic E-state index is -3.95. The van der Waals surface area contributed by atoms with Gasteiger partial charge in [-0.3, -0.25) is 9.10 Å². The van der Waals surface area contributed by atoms with Crippen molar-refractivity contribution in [2.75, 3.05) is 24.0 Å². The number of carbonyl (C=O) groups is 1. The van der Waals surface area contributed by atoms with Crippen LogP contribution in [-0.4, -0.2) is 34.0 Å². The van der Waals surface area contributed by atoms with E-state index in [1.807, 2.05) is 19.9 Å². The summed E-state index contributed by atoms with van der Waals surface area (Å²) in [6.07, 6.45) is 0. The van der Waals surface area contributed by atoms with Crippen molar-refractivity contribution in [1.29, 1.82) is 0 Å². The number of sulfonamides is 1. The number of rotatable bonds is 9. The van der Waals surface area contributed by atoms with E-state index in [1.54, 1.807) is 30.3 Å². The molecule has 3 aromatic carbocycles. The van der Waals surface area contributed by atoms with Crippen LogP contribution in [0.15, 0.2) is 77.7 Å². The average molecular weight is 457 g/mol. The molecule has 1 N–H and O–H groups in total. The summed E-state index contributed by atoms with van der Waals surface area (Å²) in [6.45, 7) is 3.77. The van der Waals surface area contributed by atoms with Crippen LogP contribution in [0.3, 0.4) is 0 Å². The summed E-state index contributed by atoms with van der Waals surface area (Å²) >= 11 is 0. The number of ether oxygens (including phenoxy) is 1. The zero-order valence-corrected chi connectivity index (χ0v) is 18.7. The second kappa shape index (κ2) is 10.3. The Labute approximate surface area is 187 Å². The molecule has 32 heavy (non-hydrogen) atoms. The molecule has 3 aromatic rings. The third kappa shape index (κ3) is 5.85. The van der Waals surface area contributed by atoms with Crippen LogP contribution < -0.4 is 14.4 Å². The lowest BCUT2D eigenvalue weighted by molar-refractivity contribution is -0.119. The number of aryl methyl sites for hydroxylation is 2. The van der Waals surface area contributed by atoms with Crippen LogP contribution >= 0.6 is 0 Å². The van der Waals surface area contributed by atoms with Crippen molar-refractivity contribution >= 4 is 21.6 Å². The van der Waals surface area contributed by atoms with Crippen molar-refractivity contribution in [3.8, 4) is 5.75 Å². The van der Waals surface area contributed by atoms with Gasteiger partial charge in [0.2, 0.25) is 5.91 Å². The van der Waals surface area contributed by atoms with Gasteiger partial charge in [-0.25, -0.2) is 12.8 Å². The first-order chi connectivity index (χ1) is 15.3. The Kier molecular flexibility index (Phi) is 7.48. The molecule has 1 amide bonds. The summed E-state index contributed by atoms with van der Waals surface area (Å²) in [5, 5.41) is 2.67. The Balaban J connectivity index is 1.71. The van der Waals surface area contributed by atoms with Crippen molar-refractivity contribution < 1.29 is 22.3 Å². The van der Waals surface area contributed by atoms with Gasteiger partial charge in [0.15, 0.2) is 0 Å². The Morgan fingerprint density at radius 1 is 0.969 bits per heavy atom. The van der Waals surface area contributed by atoms with E-state index in [0.717, 1.165) is 15.4 Å². The zero-order valence-electron chi connectivity index (χ0n) is 17.9. The molecule has 0 spiro atoms. The second-order valence-electron chi connectivity index (χ2n) is 7.25. The van der Waals surface area contributed by atoms with Crippen LogP contribution in [0.1, 0.15) is 11.1 Å². The number of carbonyl (C=O) groups excluding carboxylic acids is 1. The maximum atomic E-state index is 13.3. The molecule has 0 saturated heterocycles. The first-order valence-electron chi connectivity index (χ1n) is 10.1. The summed E-state index contributed by atoms with van der Waals surface area (Å²) in [7, 11) is -3.95. The summed E-state index contributed by atoms with van der Waals surface area (Å²) in [6, 6.07) is 18.8. The van der Waals surface area contributed by atoms with E-state index >= 15 is 0 Å². The van der Waals surface area contributed by atoms with Crippen LogP contribution in [0.5, 0.6) is 5.75 Å². The van der Waals surface area contributed by atoms with Gasteiger partial charge in [-0.2, -0.15) is 0 Å². The highest BCUT2D eigenvalue weighted by Crippen LogP contribution is 2.25. The number of hydrogen-bond acceptors (Lipinski definition) is 4. The molecule has 0 aliphatic heterocycles. The number of hydrogen-bond donors (Lipinski definition) is 1. The number of benzene rings is 3. The van der Waals surface area contributed by atoms with E-state index in [0.29, 0.717) is 11.4 Å². The number of anilines is 1. The monoisotopic (exact) mass is 456 g/mol. The largest absolute Gasteiger partial charge is 0.492 e. The van der Waals surface area contributed by atoms with E-state index in [1.165, 1.54) is 36.4 Å². The SMILES string of the molecule is Cc1ccc(N(CC(=O)NCCOc2ccc(F)cc2)S(=O)(=O)c2ccccc2)cc1C. The quantitative estimate of drug-likeness (QED) is 0.497. The van der Waals surface area contributed by atoms with Gasteiger partial charge < -0.3 is 10.1 Å². The molecule has 8 heteroatoms. The van der Waals surface area contributed by atoms with E-state index in [-0.39, 0.29) is 30.4 Å². The molecule has 0 unspecified atom stereocenters. The minimum Gasteiger partial charge on any atom is -0.492 e. The molecule has 0 aliphatic rings. The highest BCUT2D eigenvalue weighted by molar-refractivity contribution is 7.92. The normalized spacial score (nSPS) is 11.1. The third-order valence-corrected chi connectivity index (χ3v) is 6.69. The standard InChI is InChI=1S/C24H25FN2O4S/c1-18-8-11-21(16-19(18)2)27(32(29,30)23-6-4-3-5-7-23)17-24(28)26-14-15-31-22-12-9-20(25)10-13-22/h3-13,16H,14-15,17H2,1-2H3,(H,26,28). The van der Waals surface area contributed by atoms with Crippen molar-refractivity contribution in [3.05, 3.63) is 89.7 Å². The summed E-state index contributed by atoms with van der Waals surface area (Å²) in [5.41, 5.74) is 2.35. The van der Waals surface area contributed by atoms with Crippen LogP contribution in [0.4, 0.5) is 10.1 Å². The first kappa shape index (κ1) is 23.3. The van der Waals surface area contributed by atoms with Crippen molar-refractivity contribution in [3.63, 3.8) is 0 Å². The van der Waals surface area contributed by atoms with Crippen molar-refractivity contribution in [2.24, 2.45) is 0 Å². The van der Waals surface area contributed by atoms with E-state index in [9.17, 15) is 17.6 Å². The summed E-state index contributed by atoms with van der Waals surface area (Å²) in [5.74, 6) is -0.355. The molecule has 0 aliphatic carbocycles. The van der Waals surface area contributed by atoms with Gasteiger partial charge in [0, 0.05) is 0 Å². The third-order valence-electron chi connectivity index (χ3n) is 4.90. The fourth-order valence-electron chi connectivity index (χ4n) is 2.99. The Bertz CT molecular complexity index is 1170. The van der Waals surface area contributed by atoms with Crippen molar-refractivity contribution in [2.45, 2.75) is 18.7 Å². The molecular formula is C24H25FN2O4S. The average Bonchev–Trinajstić information content (AvgIpc) is 2.79. The number of nitrogens with zero attached hydrogens (tertiary/aromatic N) is 1. The topological polar surface area (TPSA) is 75.7 Å². The fourth-order valence-corrected chi connectivity index (χ4v) is 4.43. The molecule has 3 rings (SSSR count). The predicted molar refractivity (Wildman–Crippen MR) is 122 cm³/mol. The zero-order chi connectivity index (χ0) is 23.1. The van der Waals surface area contributed by atoms with Crippen LogP contribution in [0.2, 0.25) is 0 Å². The Hall–Kier alpha value is -3.39. The molecule has 6 nitrogen and oxygen atoms in total. The number of amides is 1. The van der Waals surface area contributed by atoms with Gasteiger partial charge >= 0.3 is 0 Å². The molecule has 0 bridgehead atoms. The lowest BCUT2D eigenvalue weighted by atomic mass is 10.1. The molecule has 0 heterocycles. The number of halogens is 1. The van der Waals surface area contributed by atoms with Crippen LogP contribution in [-0.2, 0) is 14.8 Å². The minimum absolute atomic E-state index is 0.102. The second-order valence-corrected chi connectivity index (χ2v) is 9.11. The molecule has 0 atom stereocenters. The van der Waals surface area contributed by atoms with Gasteiger partial charge in [-0.05, 0) is 73.5 Å². The van der Waals surface area contributed by atoms with Gasteiger partial charge in [0.1, 0.15) is 24.7 Å². The highest BCUT2D eigenvalue weighted by Gasteiger charge is 2.27. The van der Waals surface area contributed by atoms with Crippen LogP contribution in [0, 0.1) is 19.7 Å². The molecule has 0 radical (unpaired) electrons. The molecule has 0 fully saturated rings. The molecular weight excluding hydrogens is 431 g/mol. The summed E-state index contributed by atoms with van der Waals surface area (Å²) < 4.78 is 46.1. The Morgan fingerprint density at radius 3 is 2.31 bits per heavy atom. The van der Waals surface area contributed by atoms with Gasteiger partial charge in [0.25, 0.3) is 10.0 Å². The highest BCUT2D eigenvalue weighted by atomic mass is 32.2. The molecule has 0 aromatic heterocycles. The first-order valence-corrected chi connectivity index (χ1v) is 11.5. The predicted octanol–water partition coefficient (Wildman–Crippen LogP) is 3.83. The summed E-state index contributed by atoms with van der Waals surface area (Å²) in [4.78, 5) is 12.7. The van der Waals surface area contributed by atoms with Crippen molar-refractivity contribution in [1.82, 2.24) is 5.32 Å². The number of nitrogens with one attached hydrogen (secondary N) is 1. The van der Waals surface area contributed by atoms with E-state index < -0.39 is 15.9 Å². The molecule has 168 valence electrons. The maximum absolute atomic E-state index is 13.3. The van der Waals surface area contributed by atoms with Crippen LogP contribution in [0.25, 0.3) is 0 Å². The van der Waals surface area contributed by atoms with E-state index in [4.69, 9.17) is 4.74 Å². The fraction of sp³-hybridized carbons (Fsp3) is 0.208. The van der Waals surface area contributed by atoms with Gasteiger partial charge in [-0.1, -0.05) is 24.3 Å². The lowest BCUT2D eigenvalue weighted by Crippen LogP contribution is -2.42.